The number of rotatable bonds is 1. The highest BCUT2D eigenvalue weighted by atomic mass is 14.9. The van der Waals surface area contributed by atoms with Gasteiger partial charge in [-0.05, 0) is 42.8 Å². The lowest BCUT2D eigenvalue weighted by atomic mass is 10.2. The van der Waals surface area contributed by atoms with Gasteiger partial charge in [0.1, 0.15) is 0 Å². The van der Waals surface area contributed by atoms with E-state index in [0.29, 0.717) is 0 Å². The second-order valence-corrected chi connectivity index (χ2v) is 3.94. The number of fused-ring (bicyclic) bond motifs is 1. The van der Waals surface area contributed by atoms with Crippen LogP contribution in [0, 0.1) is 0 Å². The Bertz CT molecular complexity index is 611. The highest BCUT2D eigenvalue weighted by Crippen LogP contribution is 2.14. The SMILES string of the molecule is CC1=CC(c2ccc3cccnc3n2)=NC1. The third-order valence-electron chi connectivity index (χ3n) is 2.61. The van der Waals surface area contributed by atoms with E-state index < -0.39 is 0 Å². The van der Waals surface area contributed by atoms with E-state index in [-0.39, 0.29) is 0 Å². The second kappa shape index (κ2) is 3.52. The van der Waals surface area contributed by atoms with Crippen LogP contribution < -0.4 is 0 Å². The molecule has 0 N–H and O–H groups in total. The normalized spacial score (nSPS) is 15.1. The van der Waals surface area contributed by atoms with Crippen LogP contribution in [0.2, 0.25) is 0 Å². The molecule has 3 rings (SSSR count). The molecule has 1 aliphatic heterocycles. The van der Waals surface area contributed by atoms with Gasteiger partial charge in [-0.1, -0.05) is 0 Å². The Balaban J connectivity index is 2.12. The minimum atomic E-state index is 0.778. The van der Waals surface area contributed by atoms with Crippen molar-refractivity contribution in [2.45, 2.75) is 6.92 Å². The minimum absolute atomic E-state index is 0.778. The number of aromatic nitrogens is 2. The summed E-state index contributed by atoms with van der Waals surface area (Å²) in [5.41, 5.74) is 3.92. The largest absolute Gasteiger partial charge is 0.279 e. The van der Waals surface area contributed by atoms with Crippen LogP contribution in [-0.4, -0.2) is 22.2 Å². The number of hydrogen-bond donors (Lipinski definition) is 0. The molecule has 0 spiro atoms. The maximum atomic E-state index is 4.51. The molecule has 0 bridgehead atoms. The second-order valence-electron chi connectivity index (χ2n) is 3.94. The van der Waals surface area contributed by atoms with Gasteiger partial charge in [0, 0.05) is 11.6 Å². The van der Waals surface area contributed by atoms with Crippen LogP contribution >= 0.6 is 0 Å². The van der Waals surface area contributed by atoms with E-state index in [1.807, 2.05) is 24.3 Å². The zero-order chi connectivity index (χ0) is 11.0. The molecule has 0 aromatic carbocycles. The lowest BCUT2D eigenvalue weighted by Gasteiger charge is -1.99. The van der Waals surface area contributed by atoms with Crippen LogP contribution in [0.4, 0.5) is 0 Å². The van der Waals surface area contributed by atoms with Gasteiger partial charge in [-0.2, -0.15) is 0 Å². The lowest BCUT2D eigenvalue weighted by molar-refractivity contribution is 1.17. The fourth-order valence-corrected chi connectivity index (χ4v) is 1.79. The number of pyridine rings is 2. The fourth-order valence-electron chi connectivity index (χ4n) is 1.79. The van der Waals surface area contributed by atoms with Gasteiger partial charge in [-0.3, -0.25) is 4.99 Å². The highest BCUT2D eigenvalue weighted by Gasteiger charge is 2.09. The monoisotopic (exact) mass is 209 g/mol. The Morgan fingerprint density at radius 2 is 2.12 bits per heavy atom. The number of aliphatic imine (C=N–C) groups is 1. The number of allylic oxidation sites excluding steroid dienone is 1. The summed E-state index contributed by atoms with van der Waals surface area (Å²) in [6.45, 7) is 2.87. The first-order valence-electron chi connectivity index (χ1n) is 5.27. The average Bonchev–Trinajstić information content (AvgIpc) is 2.75. The van der Waals surface area contributed by atoms with Gasteiger partial charge in [0.2, 0.25) is 0 Å². The minimum Gasteiger partial charge on any atom is -0.279 e. The van der Waals surface area contributed by atoms with Crippen LogP contribution in [0.1, 0.15) is 12.6 Å². The van der Waals surface area contributed by atoms with Crippen LogP contribution in [0.5, 0.6) is 0 Å². The van der Waals surface area contributed by atoms with Crippen LogP contribution in [0.25, 0.3) is 11.0 Å². The van der Waals surface area contributed by atoms with Crippen molar-refractivity contribution in [2.24, 2.45) is 4.99 Å². The molecule has 0 unspecified atom stereocenters. The van der Waals surface area contributed by atoms with Gasteiger partial charge < -0.3 is 0 Å². The van der Waals surface area contributed by atoms with E-state index in [0.717, 1.165) is 29.0 Å². The van der Waals surface area contributed by atoms with Crippen LogP contribution in [-0.2, 0) is 0 Å². The zero-order valence-electron chi connectivity index (χ0n) is 9.01. The van der Waals surface area contributed by atoms with Crippen LogP contribution in [0.15, 0.2) is 47.1 Å². The molecule has 0 aliphatic carbocycles. The summed E-state index contributed by atoms with van der Waals surface area (Å²) in [7, 11) is 0. The first-order chi connectivity index (χ1) is 7.83. The molecule has 0 amide bonds. The van der Waals surface area contributed by atoms with Crippen molar-refractivity contribution in [3.63, 3.8) is 0 Å². The molecule has 3 heterocycles. The molecular weight excluding hydrogens is 198 g/mol. The van der Waals surface area contributed by atoms with E-state index in [2.05, 4.69) is 28.0 Å². The number of nitrogens with zero attached hydrogens (tertiary/aromatic N) is 3. The Kier molecular flexibility index (Phi) is 2.03. The molecule has 78 valence electrons. The summed E-state index contributed by atoms with van der Waals surface area (Å²) < 4.78 is 0. The van der Waals surface area contributed by atoms with Crippen molar-refractivity contribution in [2.75, 3.05) is 6.54 Å². The smallest absolute Gasteiger partial charge is 0.159 e. The third kappa shape index (κ3) is 1.50. The molecule has 2 aromatic heterocycles. The fraction of sp³-hybridized carbons (Fsp3) is 0.154. The summed E-state index contributed by atoms with van der Waals surface area (Å²) in [6.07, 6.45) is 3.84. The summed E-state index contributed by atoms with van der Waals surface area (Å²) >= 11 is 0. The first-order valence-corrected chi connectivity index (χ1v) is 5.27. The lowest BCUT2D eigenvalue weighted by Crippen LogP contribution is -1.98. The molecule has 1 aliphatic rings. The predicted octanol–water partition coefficient (Wildman–Crippen LogP) is 2.38. The van der Waals surface area contributed by atoms with Gasteiger partial charge >= 0.3 is 0 Å². The van der Waals surface area contributed by atoms with Crippen LogP contribution in [0.3, 0.4) is 0 Å². The van der Waals surface area contributed by atoms with Crippen molar-refractivity contribution < 1.29 is 0 Å². The van der Waals surface area contributed by atoms with Gasteiger partial charge in [-0.15, -0.1) is 0 Å². The van der Waals surface area contributed by atoms with Gasteiger partial charge in [-0.25, -0.2) is 9.97 Å². The average molecular weight is 209 g/mol. The molecule has 0 saturated carbocycles. The van der Waals surface area contributed by atoms with Gasteiger partial charge in [0.05, 0.1) is 18.0 Å². The Labute approximate surface area is 93.6 Å². The number of hydrogen-bond acceptors (Lipinski definition) is 3. The summed E-state index contributed by atoms with van der Waals surface area (Å²) in [4.78, 5) is 13.2. The van der Waals surface area contributed by atoms with E-state index in [9.17, 15) is 0 Å². The molecule has 0 fully saturated rings. The molecule has 2 aromatic rings. The van der Waals surface area contributed by atoms with Crippen molar-refractivity contribution >= 4 is 16.7 Å². The van der Waals surface area contributed by atoms with Gasteiger partial charge in [0.25, 0.3) is 0 Å². The standard InChI is InChI=1S/C13H11N3/c1-9-7-12(15-8-9)11-5-4-10-3-2-6-14-13(10)16-11/h2-7H,8H2,1H3. The van der Waals surface area contributed by atoms with E-state index in [1.165, 1.54) is 5.57 Å². The van der Waals surface area contributed by atoms with Crippen molar-refractivity contribution in [3.8, 4) is 0 Å². The molecule has 0 radical (unpaired) electrons. The van der Waals surface area contributed by atoms with E-state index in [1.54, 1.807) is 6.20 Å². The van der Waals surface area contributed by atoms with Gasteiger partial charge in [0.15, 0.2) is 5.65 Å². The van der Waals surface area contributed by atoms with Crippen molar-refractivity contribution in [1.29, 1.82) is 0 Å². The Hall–Kier alpha value is -2.03. The molecule has 0 saturated heterocycles. The maximum Gasteiger partial charge on any atom is 0.159 e. The first kappa shape index (κ1) is 9.21. The molecular formula is C13H11N3. The summed E-state index contributed by atoms with van der Waals surface area (Å²) in [5, 5.41) is 1.06. The summed E-state index contributed by atoms with van der Waals surface area (Å²) in [5.74, 6) is 0. The zero-order valence-corrected chi connectivity index (χ0v) is 9.01. The van der Waals surface area contributed by atoms with E-state index in [4.69, 9.17) is 0 Å². The molecule has 0 atom stereocenters. The van der Waals surface area contributed by atoms with E-state index >= 15 is 0 Å². The highest BCUT2D eigenvalue weighted by molar-refractivity contribution is 6.09. The van der Waals surface area contributed by atoms with Crippen molar-refractivity contribution in [3.05, 3.63) is 47.8 Å². The molecule has 3 heteroatoms. The quantitative estimate of drug-likeness (QED) is 0.723. The summed E-state index contributed by atoms with van der Waals surface area (Å²) in [6, 6.07) is 7.96. The Morgan fingerprint density at radius 3 is 2.94 bits per heavy atom. The molecule has 16 heavy (non-hydrogen) atoms. The maximum absolute atomic E-state index is 4.51. The van der Waals surface area contributed by atoms with Crippen molar-refractivity contribution in [1.82, 2.24) is 9.97 Å². The predicted molar refractivity (Wildman–Crippen MR) is 64.7 cm³/mol. The topological polar surface area (TPSA) is 38.1 Å². The third-order valence-corrected chi connectivity index (χ3v) is 2.61. The Morgan fingerprint density at radius 1 is 1.19 bits per heavy atom. The molecule has 3 nitrogen and oxygen atoms in total.